The SMILES string of the molecule is O=C(Nc1nnc(-c2ccc(Br)cc2)s1)C1CCCN1C(=O)C1CCC1. The lowest BCUT2D eigenvalue weighted by Crippen LogP contribution is -2.46. The fourth-order valence-electron chi connectivity index (χ4n) is 3.36. The van der Waals surface area contributed by atoms with Gasteiger partial charge in [-0.25, -0.2) is 0 Å². The lowest BCUT2D eigenvalue weighted by atomic mass is 9.84. The maximum Gasteiger partial charge on any atom is 0.249 e. The van der Waals surface area contributed by atoms with Crippen LogP contribution >= 0.6 is 27.3 Å². The van der Waals surface area contributed by atoms with Gasteiger partial charge in [0.25, 0.3) is 0 Å². The Labute approximate surface area is 164 Å². The first-order valence-electron chi connectivity index (χ1n) is 8.82. The molecule has 1 aromatic carbocycles. The van der Waals surface area contributed by atoms with E-state index in [0.717, 1.165) is 40.7 Å². The van der Waals surface area contributed by atoms with Crippen LogP contribution in [0.15, 0.2) is 28.7 Å². The zero-order valence-corrected chi connectivity index (χ0v) is 16.6. The first kappa shape index (κ1) is 17.6. The van der Waals surface area contributed by atoms with Crippen LogP contribution < -0.4 is 5.32 Å². The zero-order chi connectivity index (χ0) is 18.1. The van der Waals surface area contributed by atoms with Gasteiger partial charge in [-0.15, -0.1) is 10.2 Å². The molecule has 0 radical (unpaired) electrons. The van der Waals surface area contributed by atoms with Crippen molar-refractivity contribution in [3.05, 3.63) is 28.7 Å². The number of rotatable bonds is 4. The van der Waals surface area contributed by atoms with E-state index in [-0.39, 0.29) is 23.8 Å². The molecule has 1 saturated heterocycles. The van der Waals surface area contributed by atoms with E-state index in [4.69, 9.17) is 0 Å². The molecule has 2 heterocycles. The molecule has 1 aromatic heterocycles. The van der Waals surface area contributed by atoms with Gasteiger partial charge in [0.1, 0.15) is 11.0 Å². The van der Waals surface area contributed by atoms with E-state index in [1.165, 1.54) is 11.3 Å². The Balaban J connectivity index is 1.43. The summed E-state index contributed by atoms with van der Waals surface area (Å²) in [6.45, 7) is 0.674. The van der Waals surface area contributed by atoms with E-state index in [9.17, 15) is 9.59 Å². The van der Waals surface area contributed by atoms with Gasteiger partial charge in [0, 0.05) is 22.5 Å². The summed E-state index contributed by atoms with van der Waals surface area (Å²) in [5, 5.41) is 12.3. The highest BCUT2D eigenvalue weighted by Crippen LogP contribution is 2.32. The quantitative estimate of drug-likeness (QED) is 0.795. The Morgan fingerprint density at radius 1 is 1.12 bits per heavy atom. The number of amides is 2. The highest BCUT2D eigenvalue weighted by atomic mass is 79.9. The van der Waals surface area contributed by atoms with Crippen molar-refractivity contribution in [2.45, 2.75) is 38.1 Å². The molecule has 0 spiro atoms. The van der Waals surface area contributed by atoms with Gasteiger partial charge in [0.2, 0.25) is 16.9 Å². The number of carbonyl (C=O) groups is 2. The van der Waals surface area contributed by atoms with Crippen molar-refractivity contribution in [1.29, 1.82) is 0 Å². The summed E-state index contributed by atoms with van der Waals surface area (Å²) in [5.41, 5.74) is 0.953. The van der Waals surface area contributed by atoms with Crippen LogP contribution in [-0.4, -0.2) is 39.5 Å². The number of aromatic nitrogens is 2. The summed E-state index contributed by atoms with van der Waals surface area (Å²) in [7, 11) is 0. The lowest BCUT2D eigenvalue weighted by Gasteiger charge is -2.32. The van der Waals surface area contributed by atoms with Crippen LogP contribution in [0.4, 0.5) is 5.13 Å². The molecule has 1 unspecified atom stereocenters. The van der Waals surface area contributed by atoms with Gasteiger partial charge in [-0.3, -0.25) is 14.9 Å². The molecule has 26 heavy (non-hydrogen) atoms. The van der Waals surface area contributed by atoms with Crippen LogP contribution in [0.3, 0.4) is 0 Å². The maximum atomic E-state index is 12.7. The maximum absolute atomic E-state index is 12.7. The number of hydrogen-bond acceptors (Lipinski definition) is 5. The van der Waals surface area contributed by atoms with E-state index >= 15 is 0 Å². The van der Waals surface area contributed by atoms with Crippen molar-refractivity contribution >= 4 is 44.2 Å². The molecule has 8 heteroatoms. The van der Waals surface area contributed by atoms with Gasteiger partial charge in [0.05, 0.1) is 0 Å². The predicted molar refractivity (Wildman–Crippen MR) is 104 cm³/mol. The smallest absolute Gasteiger partial charge is 0.249 e. The van der Waals surface area contributed by atoms with E-state index in [1.54, 1.807) is 4.90 Å². The Morgan fingerprint density at radius 2 is 1.88 bits per heavy atom. The number of benzene rings is 1. The Kier molecular flexibility index (Phi) is 5.04. The largest absolute Gasteiger partial charge is 0.330 e. The summed E-state index contributed by atoms with van der Waals surface area (Å²) in [4.78, 5) is 27.0. The first-order valence-corrected chi connectivity index (χ1v) is 10.4. The average Bonchev–Trinajstić information content (AvgIpc) is 3.23. The monoisotopic (exact) mass is 434 g/mol. The minimum atomic E-state index is -0.386. The minimum absolute atomic E-state index is 0.119. The van der Waals surface area contributed by atoms with Crippen molar-refractivity contribution in [2.75, 3.05) is 11.9 Å². The molecule has 1 atom stereocenters. The number of nitrogens with one attached hydrogen (secondary N) is 1. The number of anilines is 1. The molecule has 136 valence electrons. The second kappa shape index (κ2) is 7.44. The van der Waals surface area contributed by atoms with Crippen molar-refractivity contribution in [2.24, 2.45) is 5.92 Å². The molecule has 1 N–H and O–H groups in total. The molecule has 0 bridgehead atoms. The highest BCUT2D eigenvalue weighted by Gasteiger charge is 2.38. The molecule has 2 fully saturated rings. The summed E-state index contributed by atoms with van der Waals surface area (Å²) < 4.78 is 0.997. The predicted octanol–water partition coefficient (Wildman–Crippen LogP) is 3.70. The first-order chi connectivity index (χ1) is 12.6. The number of halogens is 1. The van der Waals surface area contributed by atoms with Crippen LogP contribution in [0.2, 0.25) is 0 Å². The van der Waals surface area contributed by atoms with Gasteiger partial charge in [-0.05, 0) is 37.8 Å². The van der Waals surface area contributed by atoms with Gasteiger partial charge in [-0.2, -0.15) is 0 Å². The Bertz CT molecular complexity index is 819. The van der Waals surface area contributed by atoms with Gasteiger partial charge in [-0.1, -0.05) is 45.8 Å². The highest BCUT2D eigenvalue weighted by molar-refractivity contribution is 9.10. The topological polar surface area (TPSA) is 75.2 Å². The second-order valence-corrected chi connectivity index (χ2v) is 8.62. The van der Waals surface area contributed by atoms with E-state index < -0.39 is 0 Å². The molecule has 1 saturated carbocycles. The zero-order valence-electron chi connectivity index (χ0n) is 14.2. The van der Waals surface area contributed by atoms with E-state index in [2.05, 4.69) is 31.4 Å². The van der Waals surface area contributed by atoms with E-state index in [1.807, 2.05) is 24.3 Å². The third kappa shape index (κ3) is 3.53. The van der Waals surface area contributed by atoms with Crippen molar-refractivity contribution < 1.29 is 9.59 Å². The van der Waals surface area contributed by atoms with Crippen LogP contribution in [0.25, 0.3) is 10.6 Å². The second-order valence-electron chi connectivity index (χ2n) is 6.73. The normalized spacial score (nSPS) is 20.0. The van der Waals surface area contributed by atoms with Crippen molar-refractivity contribution in [1.82, 2.24) is 15.1 Å². The minimum Gasteiger partial charge on any atom is -0.330 e. The molecule has 6 nitrogen and oxygen atoms in total. The summed E-state index contributed by atoms with van der Waals surface area (Å²) in [6.07, 6.45) is 4.61. The van der Waals surface area contributed by atoms with Crippen LogP contribution in [0, 0.1) is 5.92 Å². The van der Waals surface area contributed by atoms with Crippen molar-refractivity contribution in [3.8, 4) is 10.6 Å². The fraction of sp³-hybridized carbons (Fsp3) is 0.444. The van der Waals surface area contributed by atoms with Crippen molar-refractivity contribution in [3.63, 3.8) is 0 Å². The molecular weight excluding hydrogens is 416 g/mol. The molecule has 2 amide bonds. The number of nitrogens with zero attached hydrogens (tertiary/aromatic N) is 3. The molecular formula is C18H19BrN4O2S. The molecule has 1 aliphatic heterocycles. The summed E-state index contributed by atoms with van der Waals surface area (Å²) >= 11 is 4.75. The summed E-state index contributed by atoms with van der Waals surface area (Å²) in [5.74, 6) is 0.101. The van der Waals surface area contributed by atoms with Gasteiger partial charge >= 0.3 is 0 Å². The van der Waals surface area contributed by atoms with Gasteiger partial charge < -0.3 is 4.90 Å². The number of hydrogen-bond donors (Lipinski definition) is 1. The third-order valence-electron chi connectivity index (χ3n) is 5.04. The fourth-order valence-corrected chi connectivity index (χ4v) is 4.38. The van der Waals surface area contributed by atoms with Crippen LogP contribution in [0.1, 0.15) is 32.1 Å². The Morgan fingerprint density at radius 3 is 2.58 bits per heavy atom. The molecule has 2 aliphatic rings. The Hall–Kier alpha value is -1.80. The average molecular weight is 435 g/mol. The van der Waals surface area contributed by atoms with Gasteiger partial charge in [0.15, 0.2) is 0 Å². The number of carbonyl (C=O) groups excluding carboxylic acids is 2. The summed E-state index contributed by atoms with van der Waals surface area (Å²) in [6, 6.07) is 7.40. The standard InChI is InChI=1S/C18H19BrN4O2S/c19-13-8-6-11(7-9-13)16-21-22-18(26-16)20-15(24)14-5-2-10-23(14)17(25)12-3-1-4-12/h6-9,12,14H,1-5,10H2,(H,20,22,24). The molecule has 2 aromatic rings. The molecule has 1 aliphatic carbocycles. The van der Waals surface area contributed by atoms with Crippen LogP contribution in [0.5, 0.6) is 0 Å². The third-order valence-corrected chi connectivity index (χ3v) is 6.46. The van der Waals surface area contributed by atoms with Crippen LogP contribution in [-0.2, 0) is 9.59 Å². The lowest BCUT2D eigenvalue weighted by molar-refractivity contribution is -0.142. The molecule has 4 rings (SSSR count). The number of likely N-dealkylation sites (tertiary alicyclic amines) is 1. The van der Waals surface area contributed by atoms with E-state index in [0.29, 0.717) is 18.1 Å².